The fourth-order valence-corrected chi connectivity index (χ4v) is 4.62. The fraction of sp³-hybridized carbons (Fsp3) is 0.611. The smallest absolute Gasteiger partial charge is 0.222 e. The molecule has 1 aromatic rings. The summed E-state index contributed by atoms with van der Waals surface area (Å²) in [6.07, 6.45) is 2.51. The van der Waals surface area contributed by atoms with Crippen molar-refractivity contribution in [1.29, 1.82) is 0 Å². The van der Waals surface area contributed by atoms with Crippen LogP contribution in [-0.2, 0) is 14.8 Å². The minimum absolute atomic E-state index is 0.0402. The second kappa shape index (κ2) is 10.1. The molecule has 0 radical (unpaired) electrons. The molecule has 0 saturated carbocycles. The lowest BCUT2D eigenvalue weighted by molar-refractivity contribution is -0.132. The number of hydrogen-bond acceptors (Lipinski definition) is 4. The minimum atomic E-state index is -3.19. The van der Waals surface area contributed by atoms with Crippen LogP contribution in [0.15, 0.2) is 24.3 Å². The van der Waals surface area contributed by atoms with Gasteiger partial charge in [-0.1, -0.05) is 37.1 Å². The summed E-state index contributed by atoms with van der Waals surface area (Å²) < 4.78 is 31.5. The highest BCUT2D eigenvalue weighted by molar-refractivity contribution is 7.89. The van der Waals surface area contributed by atoms with E-state index >= 15 is 0 Å². The van der Waals surface area contributed by atoms with Crippen LogP contribution in [0.3, 0.4) is 0 Å². The SMILES string of the molecule is CCCCS(=O)(=O)N1CCN(C(=O)CCCOc2ccccc2Cl)CC1. The van der Waals surface area contributed by atoms with Gasteiger partial charge in [-0.15, -0.1) is 0 Å². The summed E-state index contributed by atoms with van der Waals surface area (Å²) in [7, 11) is -3.19. The van der Waals surface area contributed by atoms with Crippen molar-refractivity contribution < 1.29 is 17.9 Å². The number of piperazine rings is 1. The maximum atomic E-state index is 12.3. The molecule has 0 aromatic heterocycles. The molecule has 1 aliphatic heterocycles. The number of sulfonamides is 1. The van der Waals surface area contributed by atoms with Gasteiger partial charge in [0.15, 0.2) is 0 Å². The molecular weight excluding hydrogens is 376 g/mol. The number of para-hydroxylation sites is 1. The molecule has 146 valence electrons. The molecule has 8 heteroatoms. The van der Waals surface area contributed by atoms with Crippen LogP contribution in [-0.4, -0.2) is 62.1 Å². The molecule has 6 nitrogen and oxygen atoms in total. The van der Waals surface area contributed by atoms with Crippen molar-refractivity contribution in [3.05, 3.63) is 29.3 Å². The number of benzene rings is 1. The largest absolute Gasteiger partial charge is 0.492 e. The molecule has 0 aliphatic carbocycles. The first-order chi connectivity index (χ1) is 12.4. The number of unbranched alkanes of at least 4 members (excludes halogenated alkanes) is 1. The Hall–Kier alpha value is -1.31. The molecule has 1 fully saturated rings. The maximum absolute atomic E-state index is 12.3. The fourth-order valence-electron chi connectivity index (χ4n) is 2.80. The van der Waals surface area contributed by atoms with Crippen molar-refractivity contribution in [3.8, 4) is 5.75 Å². The van der Waals surface area contributed by atoms with Gasteiger partial charge in [-0.05, 0) is 25.0 Å². The van der Waals surface area contributed by atoms with Crippen LogP contribution in [0.25, 0.3) is 0 Å². The summed E-state index contributed by atoms with van der Waals surface area (Å²) >= 11 is 6.02. The molecule has 0 spiro atoms. The van der Waals surface area contributed by atoms with Crippen LogP contribution in [0, 0.1) is 0 Å². The Morgan fingerprint density at radius 1 is 1.15 bits per heavy atom. The monoisotopic (exact) mass is 402 g/mol. The second-order valence-electron chi connectivity index (χ2n) is 6.33. The van der Waals surface area contributed by atoms with Crippen molar-refractivity contribution in [2.45, 2.75) is 32.6 Å². The van der Waals surface area contributed by atoms with Crippen LogP contribution in [0.1, 0.15) is 32.6 Å². The van der Waals surface area contributed by atoms with Gasteiger partial charge in [0.1, 0.15) is 5.75 Å². The van der Waals surface area contributed by atoms with Gasteiger partial charge in [-0.25, -0.2) is 8.42 Å². The summed E-state index contributed by atoms with van der Waals surface area (Å²) in [5, 5.41) is 0.555. The Bertz CT molecular complexity index is 688. The summed E-state index contributed by atoms with van der Waals surface area (Å²) in [6.45, 7) is 4.06. The zero-order valence-corrected chi connectivity index (χ0v) is 16.8. The van der Waals surface area contributed by atoms with Crippen LogP contribution in [0.4, 0.5) is 0 Å². The van der Waals surface area contributed by atoms with E-state index in [-0.39, 0.29) is 11.7 Å². The molecule has 1 saturated heterocycles. The molecule has 26 heavy (non-hydrogen) atoms. The van der Waals surface area contributed by atoms with Gasteiger partial charge in [0.2, 0.25) is 15.9 Å². The summed E-state index contributed by atoms with van der Waals surface area (Å²) in [6, 6.07) is 7.24. The van der Waals surface area contributed by atoms with Crippen molar-refractivity contribution in [2.24, 2.45) is 0 Å². The summed E-state index contributed by atoms with van der Waals surface area (Å²) in [5.41, 5.74) is 0. The number of carbonyl (C=O) groups is 1. The highest BCUT2D eigenvalue weighted by Gasteiger charge is 2.28. The average molecular weight is 403 g/mol. The van der Waals surface area contributed by atoms with Crippen LogP contribution < -0.4 is 4.74 Å². The summed E-state index contributed by atoms with van der Waals surface area (Å²) in [5.74, 6) is 0.850. The third-order valence-electron chi connectivity index (χ3n) is 4.37. The molecule has 1 aromatic carbocycles. The molecule has 2 rings (SSSR count). The molecule has 1 heterocycles. The van der Waals surface area contributed by atoms with E-state index in [1.54, 1.807) is 17.0 Å². The Morgan fingerprint density at radius 2 is 1.85 bits per heavy atom. The van der Waals surface area contributed by atoms with E-state index in [1.165, 1.54) is 4.31 Å². The van der Waals surface area contributed by atoms with Crippen molar-refractivity contribution in [2.75, 3.05) is 38.5 Å². The lowest BCUT2D eigenvalue weighted by Gasteiger charge is -2.34. The zero-order chi connectivity index (χ0) is 19.0. The maximum Gasteiger partial charge on any atom is 0.222 e. The van der Waals surface area contributed by atoms with Crippen LogP contribution >= 0.6 is 11.6 Å². The predicted octanol–water partition coefficient (Wildman–Crippen LogP) is 2.77. The lowest BCUT2D eigenvalue weighted by atomic mass is 10.2. The predicted molar refractivity (Wildman–Crippen MR) is 103 cm³/mol. The van der Waals surface area contributed by atoms with E-state index in [0.717, 1.165) is 6.42 Å². The molecule has 0 bridgehead atoms. The normalized spacial score (nSPS) is 15.8. The molecule has 0 N–H and O–H groups in total. The van der Waals surface area contributed by atoms with E-state index < -0.39 is 10.0 Å². The Balaban J connectivity index is 1.69. The quantitative estimate of drug-likeness (QED) is 0.595. The van der Waals surface area contributed by atoms with E-state index in [2.05, 4.69) is 0 Å². The van der Waals surface area contributed by atoms with Gasteiger partial charge in [-0.3, -0.25) is 4.79 Å². The van der Waals surface area contributed by atoms with Gasteiger partial charge < -0.3 is 9.64 Å². The lowest BCUT2D eigenvalue weighted by Crippen LogP contribution is -2.51. The Labute approximate surface area is 161 Å². The second-order valence-corrected chi connectivity index (χ2v) is 8.83. The highest BCUT2D eigenvalue weighted by atomic mass is 35.5. The van der Waals surface area contributed by atoms with Gasteiger partial charge in [0.25, 0.3) is 0 Å². The summed E-state index contributed by atoms with van der Waals surface area (Å²) in [4.78, 5) is 14.0. The molecular formula is C18H27ClN2O4S. The first kappa shape index (κ1) is 21.0. The molecule has 1 amide bonds. The van der Waals surface area contributed by atoms with Gasteiger partial charge in [-0.2, -0.15) is 4.31 Å². The number of nitrogens with zero attached hydrogens (tertiary/aromatic N) is 2. The Morgan fingerprint density at radius 3 is 2.50 bits per heavy atom. The third kappa shape index (κ3) is 6.14. The van der Waals surface area contributed by atoms with E-state index in [1.807, 2.05) is 19.1 Å². The molecule has 0 unspecified atom stereocenters. The van der Waals surface area contributed by atoms with E-state index in [9.17, 15) is 13.2 Å². The third-order valence-corrected chi connectivity index (χ3v) is 6.64. The van der Waals surface area contributed by atoms with Crippen LogP contribution in [0.2, 0.25) is 5.02 Å². The van der Waals surface area contributed by atoms with Gasteiger partial charge >= 0.3 is 0 Å². The highest BCUT2D eigenvalue weighted by Crippen LogP contribution is 2.23. The number of halogens is 1. The number of carbonyl (C=O) groups excluding carboxylic acids is 1. The van der Waals surface area contributed by atoms with Gasteiger partial charge in [0, 0.05) is 32.6 Å². The van der Waals surface area contributed by atoms with Gasteiger partial charge in [0.05, 0.1) is 17.4 Å². The van der Waals surface area contributed by atoms with Crippen molar-refractivity contribution in [1.82, 2.24) is 9.21 Å². The first-order valence-electron chi connectivity index (χ1n) is 9.07. The molecule has 0 atom stereocenters. The number of amides is 1. The van der Waals surface area contributed by atoms with E-state index in [4.69, 9.17) is 16.3 Å². The zero-order valence-electron chi connectivity index (χ0n) is 15.2. The van der Waals surface area contributed by atoms with Crippen molar-refractivity contribution >= 4 is 27.5 Å². The van der Waals surface area contributed by atoms with Crippen LogP contribution in [0.5, 0.6) is 5.75 Å². The minimum Gasteiger partial charge on any atom is -0.492 e. The number of hydrogen-bond donors (Lipinski definition) is 0. The Kier molecular flexibility index (Phi) is 8.18. The van der Waals surface area contributed by atoms with E-state index in [0.29, 0.717) is 62.8 Å². The molecule has 1 aliphatic rings. The standard InChI is InChI=1S/C18H27ClN2O4S/c1-2-3-15-26(23,24)21-12-10-20(11-13-21)18(22)9-6-14-25-17-8-5-4-7-16(17)19/h4-5,7-8H,2-3,6,9-15H2,1H3. The topological polar surface area (TPSA) is 66.9 Å². The number of rotatable bonds is 9. The average Bonchev–Trinajstić information content (AvgIpc) is 2.65. The first-order valence-corrected chi connectivity index (χ1v) is 11.1. The van der Waals surface area contributed by atoms with Crippen molar-refractivity contribution in [3.63, 3.8) is 0 Å². The number of ether oxygens (including phenoxy) is 1.